The molecule has 9 nitrogen and oxygen atoms in total. The average molecular weight is 381 g/mol. The minimum absolute atomic E-state index is 0.192. The number of nitriles is 1. The van der Waals surface area contributed by atoms with E-state index in [0.717, 1.165) is 5.56 Å². The number of benzene rings is 2. The zero-order chi connectivity index (χ0) is 20.4. The monoisotopic (exact) mass is 381 g/mol. The fourth-order valence-electron chi connectivity index (χ4n) is 2.31. The van der Waals surface area contributed by atoms with E-state index in [4.69, 9.17) is 15.7 Å². The van der Waals surface area contributed by atoms with Gasteiger partial charge in [-0.15, -0.1) is 0 Å². The predicted octanol–water partition coefficient (Wildman–Crippen LogP) is 0.364. The summed E-state index contributed by atoms with van der Waals surface area (Å²) in [6, 6.07) is 15.6. The molecule has 2 aromatic carbocycles. The van der Waals surface area contributed by atoms with Gasteiger partial charge >= 0.3 is 6.03 Å². The second kappa shape index (κ2) is 10.2. The fourth-order valence-corrected chi connectivity index (χ4v) is 2.31. The zero-order valence-electron chi connectivity index (χ0n) is 14.8. The number of rotatable bonds is 7. The molecule has 0 aliphatic carbocycles. The molecule has 0 aliphatic heterocycles. The van der Waals surface area contributed by atoms with E-state index < -0.39 is 30.5 Å². The number of carbonyl (C=O) groups is 3. The lowest BCUT2D eigenvalue weighted by atomic mass is 10.1. The van der Waals surface area contributed by atoms with E-state index in [2.05, 4.69) is 16.2 Å². The maximum atomic E-state index is 12.3. The fraction of sp³-hybridized carbons (Fsp3) is 0.158. The summed E-state index contributed by atoms with van der Waals surface area (Å²) in [6.07, 6.45) is 0.192. The molecule has 1 unspecified atom stereocenters. The number of urea groups is 1. The van der Waals surface area contributed by atoms with Gasteiger partial charge in [-0.1, -0.05) is 42.5 Å². The number of hydrogen-bond acceptors (Lipinski definition) is 5. The van der Waals surface area contributed by atoms with Crippen molar-refractivity contribution < 1.29 is 19.1 Å². The van der Waals surface area contributed by atoms with Crippen molar-refractivity contribution in [3.05, 3.63) is 65.7 Å². The molecule has 0 radical (unpaired) electrons. The Balaban J connectivity index is 1.87. The molecule has 0 fully saturated rings. The third-order valence-corrected chi connectivity index (χ3v) is 3.61. The third kappa shape index (κ3) is 6.34. The minimum atomic E-state index is -0.972. The van der Waals surface area contributed by atoms with Gasteiger partial charge in [0, 0.05) is 6.42 Å². The Morgan fingerprint density at radius 3 is 2.39 bits per heavy atom. The van der Waals surface area contributed by atoms with Crippen LogP contribution in [-0.4, -0.2) is 30.5 Å². The van der Waals surface area contributed by atoms with Crippen molar-refractivity contribution in [3.63, 3.8) is 0 Å². The summed E-state index contributed by atoms with van der Waals surface area (Å²) >= 11 is 0. The predicted molar refractivity (Wildman–Crippen MR) is 99.6 cm³/mol. The number of ether oxygens (including phenoxy) is 1. The number of carbonyl (C=O) groups excluding carboxylic acids is 3. The molecular weight excluding hydrogens is 362 g/mol. The standard InChI is InChI=1S/C19H19N5O4/c20-11-14-8-4-5-9-16(14)28-12-17(25)23-24-18(26)15(22-19(21)27)10-13-6-2-1-3-7-13/h1-9,15H,10,12H2,(H,23,25)(H,24,26)(H3,21,22,27). The lowest BCUT2D eigenvalue weighted by Gasteiger charge is -2.18. The maximum absolute atomic E-state index is 12.3. The van der Waals surface area contributed by atoms with Gasteiger partial charge < -0.3 is 15.8 Å². The van der Waals surface area contributed by atoms with Gasteiger partial charge in [-0.2, -0.15) is 5.26 Å². The molecule has 0 heterocycles. The largest absolute Gasteiger partial charge is 0.482 e. The Bertz CT molecular complexity index is 879. The lowest BCUT2D eigenvalue weighted by Crippen LogP contribution is -2.54. The van der Waals surface area contributed by atoms with Gasteiger partial charge in [0.1, 0.15) is 17.9 Å². The van der Waals surface area contributed by atoms with Crippen molar-refractivity contribution in [1.82, 2.24) is 16.2 Å². The van der Waals surface area contributed by atoms with Crippen molar-refractivity contribution in [3.8, 4) is 11.8 Å². The van der Waals surface area contributed by atoms with Crippen LogP contribution in [0.3, 0.4) is 0 Å². The van der Waals surface area contributed by atoms with Crippen molar-refractivity contribution in [1.29, 1.82) is 5.26 Å². The van der Waals surface area contributed by atoms with Crippen LogP contribution in [-0.2, 0) is 16.0 Å². The number of primary amides is 1. The van der Waals surface area contributed by atoms with Crippen LogP contribution in [0, 0.1) is 11.3 Å². The summed E-state index contributed by atoms with van der Waals surface area (Å²) in [5, 5.41) is 11.3. The molecule has 4 amide bonds. The SMILES string of the molecule is N#Cc1ccccc1OCC(=O)NNC(=O)C(Cc1ccccc1)NC(N)=O. The number of nitrogens with zero attached hydrogens (tertiary/aromatic N) is 1. The van der Waals surface area contributed by atoms with E-state index in [1.54, 1.807) is 48.5 Å². The third-order valence-electron chi connectivity index (χ3n) is 3.61. The molecule has 28 heavy (non-hydrogen) atoms. The summed E-state index contributed by atoms with van der Waals surface area (Å²) in [5.74, 6) is -1.03. The smallest absolute Gasteiger partial charge is 0.312 e. The first-order valence-corrected chi connectivity index (χ1v) is 8.30. The van der Waals surface area contributed by atoms with Crippen LogP contribution in [0.5, 0.6) is 5.75 Å². The van der Waals surface area contributed by atoms with Crippen LogP contribution in [0.2, 0.25) is 0 Å². The molecule has 1 atom stereocenters. The van der Waals surface area contributed by atoms with E-state index in [-0.39, 0.29) is 17.7 Å². The first kappa shape index (κ1) is 20.3. The van der Waals surface area contributed by atoms with Gasteiger partial charge in [-0.25, -0.2) is 4.79 Å². The van der Waals surface area contributed by atoms with Crippen molar-refractivity contribution in [2.45, 2.75) is 12.5 Å². The lowest BCUT2D eigenvalue weighted by molar-refractivity contribution is -0.130. The van der Waals surface area contributed by atoms with E-state index in [0.29, 0.717) is 0 Å². The van der Waals surface area contributed by atoms with Crippen LogP contribution in [0.4, 0.5) is 4.79 Å². The Kier molecular flexibility index (Phi) is 7.36. The van der Waals surface area contributed by atoms with E-state index in [1.807, 2.05) is 12.1 Å². The van der Waals surface area contributed by atoms with E-state index >= 15 is 0 Å². The molecule has 5 N–H and O–H groups in total. The molecule has 0 bridgehead atoms. The highest BCUT2D eigenvalue weighted by Gasteiger charge is 2.21. The quantitative estimate of drug-likeness (QED) is 0.512. The van der Waals surface area contributed by atoms with Gasteiger partial charge in [0.15, 0.2) is 6.61 Å². The second-order valence-corrected chi connectivity index (χ2v) is 5.68. The Morgan fingerprint density at radius 1 is 1.04 bits per heavy atom. The van der Waals surface area contributed by atoms with Crippen LogP contribution >= 0.6 is 0 Å². The molecule has 9 heteroatoms. The summed E-state index contributed by atoms with van der Waals surface area (Å²) in [7, 11) is 0. The molecular formula is C19H19N5O4. The number of nitrogens with two attached hydrogens (primary N) is 1. The summed E-state index contributed by atoms with van der Waals surface area (Å²) in [6.45, 7) is -0.411. The highest BCUT2D eigenvalue weighted by atomic mass is 16.5. The van der Waals surface area contributed by atoms with Gasteiger partial charge in [-0.05, 0) is 17.7 Å². The number of hydrogen-bond donors (Lipinski definition) is 4. The Morgan fingerprint density at radius 2 is 1.71 bits per heavy atom. The molecule has 0 saturated carbocycles. The number of hydrazine groups is 1. The summed E-state index contributed by atoms with van der Waals surface area (Å²) in [4.78, 5) is 35.3. The van der Waals surface area contributed by atoms with E-state index in [9.17, 15) is 14.4 Å². The maximum Gasteiger partial charge on any atom is 0.312 e. The first-order valence-electron chi connectivity index (χ1n) is 8.30. The van der Waals surface area contributed by atoms with Crippen molar-refractivity contribution in [2.75, 3.05) is 6.61 Å². The molecule has 0 saturated heterocycles. The van der Waals surface area contributed by atoms with Gasteiger partial charge in [0.25, 0.3) is 11.8 Å². The normalized spacial score (nSPS) is 10.8. The molecule has 144 valence electrons. The number of amides is 4. The molecule has 0 spiro atoms. The van der Waals surface area contributed by atoms with Crippen LogP contribution in [0.1, 0.15) is 11.1 Å². The van der Waals surface area contributed by atoms with Gasteiger partial charge in [0.05, 0.1) is 5.56 Å². The van der Waals surface area contributed by atoms with Crippen LogP contribution < -0.4 is 26.6 Å². The Labute approximate surface area is 161 Å². The van der Waals surface area contributed by atoms with Crippen LogP contribution in [0.25, 0.3) is 0 Å². The minimum Gasteiger partial charge on any atom is -0.482 e. The molecule has 0 aromatic heterocycles. The van der Waals surface area contributed by atoms with E-state index in [1.165, 1.54) is 0 Å². The zero-order valence-corrected chi connectivity index (χ0v) is 14.8. The molecule has 0 aliphatic rings. The van der Waals surface area contributed by atoms with Crippen molar-refractivity contribution in [2.24, 2.45) is 5.73 Å². The Hall–Kier alpha value is -4.06. The molecule has 2 rings (SSSR count). The number of nitrogens with one attached hydrogen (secondary N) is 3. The summed E-state index contributed by atoms with van der Waals surface area (Å²) < 4.78 is 5.27. The van der Waals surface area contributed by atoms with Gasteiger partial charge in [0.2, 0.25) is 0 Å². The first-order chi connectivity index (χ1) is 13.5. The topological polar surface area (TPSA) is 146 Å². The average Bonchev–Trinajstić information content (AvgIpc) is 2.70. The van der Waals surface area contributed by atoms with Crippen molar-refractivity contribution >= 4 is 17.8 Å². The molecule has 2 aromatic rings. The van der Waals surface area contributed by atoms with Crippen LogP contribution in [0.15, 0.2) is 54.6 Å². The highest BCUT2D eigenvalue weighted by Crippen LogP contribution is 2.16. The number of para-hydroxylation sites is 1. The summed E-state index contributed by atoms with van der Waals surface area (Å²) in [5.41, 5.74) is 10.6. The highest BCUT2D eigenvalue weighted by molar-refractivity contribution is 5.88. The second-order valence-electron chi connectivity index (χ2n) is 5.68. The van der Waals surface area contributed by atoms with Gasteiger partial charge in [-0.3, -0.25) is 20.4 Å².